The van der Waals surface area contributed by atoms with Crippen molar-refractivity contribution < 1.29 is 0 Å². The monoisotopic (exact) mass is 338 g/mol. The van der Waals surface area contributed by atoms with E-state index in [0.717, 1.165) is 32.5 Å². The van der Waals surface area contributed by atoms with Crippen LogP contribution in [0.3, 0.4) is 0 Å². The smallest absolute Gasteiger partial charge is 0.0410 e. The minimum Gasteiger partial charge on any atom is -0.398 e. The molecule has 0 aliphatic rings. The van der Waals surface area contributed by atoms with Gasteiger partial charge in [-0.2, -0.15) is 0 Å². The van der Waals surface area contributed by atoms with E-state index in [4.69, 9.17) is 34.7 Å². The second kappa shape index (κ2) is 8.30. The summed E-state index contributed by atoms with van der Waals surface area (Å²) in [6.07, 6.45) is 0. The Morgan fingerprint density at radius 3 is 1.23 bits per heavy atom. The molecule has 2 rings (SSSR count). The fraction of sp³-hybridized carbons (Fsp3) is 0.333. The molecule has 0 heterocycles. The van der Waals surface area contributed by atoms with Gasteiger partial charge in [0.15, 0.2) is 0 Å². The predicted molar refractivity (Wildman–Crippen MR) is 99.9 cm³/mol. The molecule has 2 aromatic carbocycles. The van der Waals surface area contributed by atoms with Crippen LogP contribution in [0.15, 0.2) is 36.4 Å². The molecule has 0 spiro atoms. The molecule has 0 unspecified atom stereocenters. The average molecular weight is 339 g/mol. The van der Waals surface area contributed by atoms with Gasteiger partial charge in [0.25, 0.3) is 0 Å². The molecular formula is C18H24Cl2N2. The zero-order valence-electron chi connectivity index (χ0n) is 13.5. The van der Waals surface area contributed by atoms with Crippen molar-refractivity contribution in [1.29, 1.82) is 0 Å². The molecule has 4 N–H and O–H groups in total. The lowest BCUT2D eigenvalue weighted by molar-refractivity contribution is 0.870. The lowest BCUT2D eigenvalue weighted by atomic mass is 10.0. The third kappa shape index (κ3) is 5.43. The maximum Gasteiger partial charge on any atom is 0.0410 e. The molecule has 0 aliphatic carbocycles. The summed E-state index contributed by atoms with van der Waals surface area (Å²) >= 11 is 11.6. The van der Waals surface area contributed by atoms with Crippen LogP contribution in [0, 0.1) is 0 Å². The summed E-state index contributed by atoms with van der Waals surface area (Å²) in [5, 5.41) is 1.51. The molecule has 2 aromatic rings. The Bertz CT molecular complexity index is 567. The quantitative estimate of drug-likeness (QED) is 0.650. The second-order valence-corrected chi connectivity index (χ2v) is 6.73. The Balaban J connectivity index is 0.000000220. The maximum atomic E-state index is 5.81. The Hall–Kier alpha value is -1.38. The van der Waals surface area contributed by atoms with Crippen molar-refractivity contribution in [2.24, 2.45) is 0 Å². The van der Waals surface area contributed by atoms with E-state index in [0.29, 0.717) is 11.8 Å². The van der Waals surface area contributed by atoms with E-state index in [1.165, 1.54) is 0 Å². The molecule has 0 amide bonds. The van der Waals surface area contributed by atoms with Gasteiger partial charge in [-0.3, -0.25) is 0 Å². The van der Waals surface area contributed by atoms with Crippen LogP contribution < -0.4 is 11.5 Å². The van der Waals surface area contributed by atoms with Gasteiger partial charge >= 0.3 is 0 Å². The number of nitrogens with two attached hydrogens (primary N) is 2. The molecule has 0 saturated heterocycles. The molecule has 2 nitrogen and oxygen atoms in total. The molecule has 0 aliphatic heterocycles. The molecule has 0 atom stereocenters. The van der Waals surface area contributed by atoms with Crippen molar-refractivity contribution in [2.45, 2.75) is 39.5 Å². The third-order valence-corrected chi connectivity index (χ3v) is 3.81. The number of halogens is 2. The second-order valence-electron chi connectivity index (χ2n) is 5.86. The number of nitrogen functional groups attached to an aromatic ring is 2. The van der Waals surface area contributed by atoms with E-state index in [9.17, 15) is 0 Å². The first-order chi connectivity index (χ1) is 10.2. The molecule has 0 aromatic heterocycles. The lowest BCUT2D eigenvalue weighted by Gasteiger charge is -2.08. The normalized spacial score (nSPS) is 10.5. The van der Waals surface area contributed by atoms with Crippen molar-refractivity contribution in [1.82, 2.24) is 0 Å². The molecule has 4 heteroatoms. The van der Waals surface area contributed by atoms with Gasteiger partial charge in [0, 0.05) is 21.4 Å². The Kier molecular flexibility index (Phi) is 7.05. The highest BCUT2D eigenvalue weighted by Crippen LogP contribution is 2.25. The molecule has 0 fully saturated rings. The summed E-state index contributed by atoms with van der Waals surface area (Å²) in [4.78, 5) is 0. The van der Waals surface area contributed by atoms with Crippen molar-refractivity contribution in [3.8, 4) is 0 Å². The average Bonchev–Trinajstić information content (AvgIpc) is 2.44. The Labute approximate surface area is 143 Å². The lowest BCUT2D eigenvalue weighted by Crippen LogP contribution is -1.95. The molecule has 120 valence electrons. The Morgan fingerprint density at radius 2 is 1.00 bits per heavy atom. The molecule has 0 saturated carbocycles. The highest BCUT2D eigenvalue weighted by Gasteiger charge is 2.04. The minimum absolute atomic E-state index is 0.439. The van der Waals surface area contributed by atoms with Gasteiger partial charge in [-0.15, -0.1) is 0 Å². The van der Waals surface area contributed by atoms with Crippen LogP contribution in [0.25, 0.3) is 0 Å². The number of rotatable bonds is 2. The van der Waals surface area contributed by atoms with Gasteiger partial charge < -0.3 is 11.5 Å². The topological polar surface area (TPSA) is 52.0 Å². The summed E-state index contributed by atoms with van der Waals surface area (Å²) in [5.74, 6) is 0.877. The minimum atomic E-state index is 0.439. The highest BCUT2D eigenvalue weighted by molar-refractivity contribution is 6.31. The van der Waals surface area contributed by atoms with Crippen LogP contribution in [0.5, 0.6) is 0 Å². The first kappa shape index (κ1) is 18.7. The van der Waals surface area contributed by atoms with E-state index in [1.807, 2.05) is 36.4 Å². The largest absolute Gasteiger partial charge is 0.398 e. The number of benzene rings is 2. The molecule has 22 heavy (non-hydrogen) atoms. The highest BCUT2D eigenvalue weighted by atomic mass is 35.5. The van der Waals surface area contributed by atoms with Gasteiger partial charge in [-0.05, 0) is 59.4 Å². The zero-order valence-corrected chi connectivity index (χ0v) is 15.0. The van der Waals surface area contributed by atoms with Crippen molar-refractivity contribution >= 4 is 34.6 Å². The fourth-order valence-electron chi connectivity index (χ4n) is 2.09. The van der Waals surface area contributed by atoms with Gasteiger partial charge in [0.2, 0.25) is 0 Å². The van der Waals surface area contributed by atoms with E-state index >= 15 is 0 Å². The summed E-state index contributed by atoms with van der Waals surface area (Å²) in [7, 11) is 0. The summed E-state index contributed by atoms with van der Waals surface area (Å²) in [5.41, 5.74) is 15.4. The van der Waals surface area contributed by atoms with Crippen molar-refractivity contribution in [2.75, 3.05) is 11.5 Å². The van der Waals surface area contributed by atoms with Gasteiger partial charge in [0.05, 0.1) is 0 Å². The van der Waals surface area contributed by atoms with Crippen LogP contribution in [0.2, 0.25) is 10.0 Å². The van der Waals surface area contributed by atoms with E-state index < -0.39 is 0 Å². The molecule has 0 bridgehead atoms. The first-order valence-electron chi connectivity index (χ1n) is 7.32. The predicted octanol–water partition coefficient (Wildman–Crippen LogP) is 6.09. The third-order valence-electron chi connectivity index (χ3n) is 3.34. The van der Waals surface area contributed by atoms with Crippen molar-refractivity contribution in [3.05, 3.63) is 57.6 Å². The summed E-state index contributed by atoms with van der Waals surface area (Å²) in [6.45, 7) is 8.40. The SMILES string of the molecule is CC(C)c1cc(Cl)ccc1N.CC(C)c1cc(Cl)ccc1N. The van der Waals surface area contributed by atoms with Crippen LogP contribution >= 0.6 is 23.2 Å². The van der Waals surface area contributed by atoms with Crippen LogP contribution in [-0.2, 0) is 0 Å². The summed E-state index contributed by atoms with van der Waals surface area (Å²) in [6, 6.07) is 11.1. The van der Waals surface area contributed by atoms with Crippen LogP contribution in [0.4, 0.5) is 11.4 Å². The van der Waals surface area contributed by atoms with E-state index in [2.05, 4.69) is 27.7 Å². The zero-order chi connectivity index (χ0) is 16.9. The van der Waals surface area contributed by atoms with Gasteiger partial charge in [-0.25, -0.2) is 0 Å². The number of hydrogen-bond donors (Lipinski definition) is 2. The van der Waals surface area contributed by atoms with Gasteiger partial charge in [0.1, 0.15) is 0 Å². The van der Waals surface area contributed by atoms with Crippen LogP contribution in [0.1, 0.15) is 50.7 Å². The number of hydrogen-bond acceptors (Lipinski definition) is 2. The number of anilines is 2. The standard InChI is InChI=1S/2C9H12ClN/c2*1-6(2)8-5-7(10)3-4-9(8)11/h2*3-6H,11H2,1-2H3. The fourth-order valence-corrected chi connectivity index (χ4v) is 2.45. The van der Waals surface area contributed by atoms with E-state index in [1.54, 1.807) is 0 Å². The summed E-state index contributed by atoms with van der Waals surface area (Å²) < 4.78 is 0. The maximum absolute atomic E-state index is 5.81. The van der Waals surface area contributed by atoms with Gasteiger partial charge in [-0.1, -0.05) is 50.9 Å². The van der Waals surface area contributed by atoms with Crippen molar-refractivity contribution in [3.63, 3.8) is 0 Å². The molecule has 0 radical (unpaired) electrons. The first-order valence-corrected chi connectivity index (χ1v) is 8.07. The van der Waals surface area contributed by atoms with E-state index in [-0.39, 0.29) is 0 Å². The Morgan fingerprint density at radius 1 is 0.682 bits per heavy atom. The molecular weight excluding hydrogens is 315 g/mol. The van der Waals surface area contributed by atoms with Crippen LogP contribution in [-0.4, -0.2) is 0 Å².